The van der Waals surface area contributed by atoms with Crippen LogP contribution in [0.3, 0.4) is 0 Å². The van der Waals surface area contributed by atoms with Crippen molar-refractivity contribution in [3.8, 4) is 0 Å². The van der Waals surface area contributed by atoms with Crippen molar-refractivity contribution in [2.75, 3.05) is 16.8 Å². The topological polar surface area (TPSA) is 88.8 Å². The van der Waals surface area contributed by atoms with Gasteiger partial charge in [0.1, 0.15) is 17.9 Å². The highest BCUT2D eigenvalue weighted by Crippen LogP contribution is 2.29. The van der Waals surface area contributed by atoms with Gasteiger partial charge in [-0.15, -0.1) is 0 Å². The maximum Gasteiger partial charge on any atom is 0.342 e. The van der Waals surface area contributed by atoms with Crippen LogP contribution < -0.4 is 10.2 Å². The highest BCUT2D eigenvalue weighted by atomic mass is 16.5. The van der Waals surface area contributed by atoms with Crippen LogP contribution in [0.4, 0.5) is 11.4 Å². The molecule has 1 N–H and O–H groups in total. The van der Waals surface area contributed by atoms with Crippen LogP contribution in [0, 0.1) is 6.92 Å². The van der Waals surface area contributed by atoms with E-state index in [9.17, 15) is 14.4 Å². The highest BCUT2D eigenvalue weighted by Gasteiger charge is 2.31. The van der Waals surface area contributed by atoms with E-state index in [0.717, 1.165) is 0 Å². The van der Waals surface area contributed by atoms with E-state index >= 15 is 0 Å². The van der Waals surface area contributed by atoms with Gasteiger partial charge in [-0.3, -0.25) is 14.5 Å². The van der Waals surface area contributed by atoms with Gasteiger partial charge in [0, 0.05) is 0 Å². The van der Waals surface area contributed by atoms with Crippen molar-refractivity contribution in [2.24, 2.45) is 0 Å². The number of nitrogens with one attached hydrogen (secondary N) is 1. The lowest BCUT2D eigenvalue weighted by Crippen LogP contribution is -2.47. The van der Waals surface area contributed by atoms with Crippen LogP contribution in [-0.2, 0) is 14.3 Å². The number of benzene rings is 1. The summed E-state index contributed by atoms with van der Waals surface area (Å²) < 4.78 is 10.3. The first-order chi connectivity index (χ1) is 11.5. The number of aryl methyl sites for hydroxylation is 1. The normalized spacial score (nSPS) is 14.6. The molecule has 1 aliphatic rings. The summed E-state index contributed by atoms with van der Waals surface area (Å²) in [6.07, 6.45) is 0.342. The Morgan fingerprint density at radius 3 is 2.75 bits per heavy atom. The predicted octanol–water partition coefficient (Wildman–Crippen LogP) is 2.12. The van der Waals surface area contributed by atoms with Crippen LogP contribution in [0.1, 0.15) is 23.0 Å². The molecule has 0 spiro atoms. The summed E-state index contributed by atoms with van der Waals surface area (Å²) in [4.78, 5) is 37.8. The van der Waals surface area contributed by atoms with E-state index < -0.39 is 18.0 Å². The minimum atomic E-state index is -1.04. The molecule has 7 nitrogen and oxygen atoms in total. The minimum absolute atomic E-state index is 0.123. The molecular formula is C17H16N2O5. The van der Waals surface area contributed by atoms with Crippen molar-refractivity contribution in [3.63, 3.8) is 0 Å². The van der Waals surface area contributed by atoms with Gasteiger partial charge in [0.2, 0.25) is 5.91 Å². The van der Waals surface area contributed by atoms with Gasteiger partial charge in [-0.2, -0.15) is 0 Å². The van der Waals surface area contributed by atoms with Crippen LogP contribution in [-0.4, -0.2) is 30.4 Å². The number of furan rings is 1. The summed E-state index contributed by atoms with van der Waals surface area (Å²) in [6.45, 7) is 2.99. The molecule has 0 saturated carbocycles. The Hall–Kier alpha value is -3.09. The van der Waals surface area contributed by atoms with Crippen LogP contribution in [0.2, 0.25) is 0 Å². The van der Waals surface area contributed by atoms with E-state index in [1.807, 2.05) is 0 Å². The number of hydrogen-bond acceptors (Lipinski definition) is 5. The standard InChI is InChI=1S/C17H16N2O5/c1-10-12(7-8-23-10)17(22)24-11(2)16(21)19-9-15(20)18-13-5-3-4-6-14(13)19/h3-8,11H,9H2,1-2H3,(H,18,20)/t11-/m1/s1. The molecule has 1 aliphatic heterocycles. The number of para-hydroxylation sites is 2. The van der Waals surface area contributed by atoms with E-state index in [2.05, 4.69) is 5.32 Å². The molecule has 2 aromatic rings. The van der Waals surface area contributed by atoms with E-state index in [1.54, 1.807) is 31.2 Å². The first-order valence-corrected chi connectivity index (χ1v) is 7.42. The number of ether oxygens (including phenoxy) is 1. The van der Waals surface area contributed by atoms with Crippen LogP contribution in [0.25, 0.3) is 0 Å². The monoisotopic (exact) mass is 328 g/mol. The van der Waals surface area contributed by atoms with E-state index in [-0.39, 0.29) is 18.0 Å². The summed E-state index contributed by atoms with van der Waals surface area (Å²) in [6, 6.07) is 8.44. The fourth-order valence-corrected chi connectivity index (χ4v) is 2.52. The number of amides is 2. The number of nitrogens with zero attached hydrogens (tertiary/aromatic N) is 1. The fourth-order valence-electron chi connectivity index (χ4n) is 2.52. The lowest BCUT2D eigenvalue weighted by molar-refractivity contribution is -0.128. The molecule has 3 rings (SSSR count). The van der Waals surface area contributed by atoms with E-state index in [1.165, 1.54) is 24.2 Å². The third-order valence-electron chi connectivity index (χ3n) is 3.75. The van der Waals surface area contributed by atoms with Crippen LogP contribution in [0.15, 0.2) is 41.0 Å². The van der Waals surface area contributed by atoms with Crippen molar-refractivity contribution >= 4 is 29.2 Å². The fraction of sp³-hybridized carbons (Fsp3) is 0.235. The van der Waals surface area contributed by atoms with Crippen molar-refractivity contribution in [3.05, 3.63) is 47.9 Å². The molecule has 2 heterocycles. The lowest BCUT2D eigenvalue weighted by atomic mass is 10.1. The van der Waals surface area contributed by atoms with Gasteiger partial charge in [0.25, 0.3) is 5.91 Å². The molecule has 0 fully saturated rings. The second kappa shape index (κ2) is 6.19. The van der Waals surface area contributed by atoms with E-state index in [4.69, 9.17) is 9.15 Å². The Labute approximate surface area is 138 Å². The van der Waals surface area contributed by atoms with Gasteiger partial charge in [0.05, 0.1) is 17.6 Å². The zero-order valence-electron chi connectivity index (χ0n) is 13.2. The Kier molecular flexibility index (Phi) is 4.07. The average Bonchev–Trinajstić information content (AvgIpc) is 2.99. The molecule has 24 heavy (non-hydrogen) atoms. The molecule has 0 unspecified atom stereocenters. The molecule has 1 aromatic carbocycles. The Morgan fingerprint density at radius 1 is 1.29 bits per heavy atom. The molecule has 124 valence electrons. The summed E-state index contributed by atoms with van der Waals surface area (Å²) in [5, 5.41) is 2.70. The molecule has 0 radical (unpaired) electrons. The quantitative estimate of drug-likeness (QED) is 0.872. The molecular weight excluding hydrogens is 312 g/mol. The molecule has 2 amide bonds. The molecule has 0 aliphatic carbocycles. The molecule has 0 saturated heterocycles. The van der Waals surface area contributed by atoms with Crippen molar-refractivity contribution < 1.29 is 23.5 Å². The van der Waals surface area contributed by atoms with Gasteiger partial charge in [-0.25, -0.2) is 4.79 Å². The molecule has 1 atom stereocenters. The van der Waals surface area contributed by atoms with Crippen molar-refractivity contribution in [1.82, 2.24) is 0 Å². The Morgan fingerprint density at radius 2 is 2.04 bits per heavy atom. The third kappa shape index (κ3) is 2.88. The smallest absolute Gasteiger partial charge is 0.342 e. The van der Waals surface area contributed by atoms with Crippen LogP contribution in [0.5, 0.6) is 0 Å². The second-order valence-electron chi connectivity index (χ2n) is 5.43. The minimum Gasteiger partial charge on any atom is -0.469 e. The van der Waals surface area contributed by atoms with Crippen molar-refractivity contribution in [2.45, 2.75) is 20.0 Å². The number of esters is 1. The second-order valence-corrected chi connectivity index (χ2v) is 5.43. The number of anilines is 2. The molecule has 1 aromatic heterocycles. The summed E-state index contributed by atoms with van der Waals surface area (Å²) >= 11 is 0. The highest BCUT2D eigenvalue weighted by molar-refractivity contribution is 6.11. The number of carbonyl (C=O) groups is 3. The Balaban J connectivity index is 1.78. The number of hydrogen-bond donors (Lipinski definition) is 1. The zero-order chi connectivity index (χ0) is 17.3. The van der Waals surface area contributed by atoms with Gasteiger partial charge in [-0.05, 0) is 32.0 Å². The number of fused-ring (bicyclic) bond motifs is 1. The third-order valence-corrected chi connectivity index (χ3v) is 3.75. The Bertz CT molecular complexity index is 811. The number of rotatable bonds is 3. The number of carbonyl (C=O) groups excluding carboxylic acids is 3. The summed E-state index contributed by atoms with van der Waals surface area (Å²) in [7, 11) is 0. The summed E-state index contributed by atoms with van der Waals surface area (Å²) in [5.74, 6) is -0.989. The zero-order valence-corrected chi connectivity index (χ0v) is 13.2. The van der Waals surface area contributed by atoms with Crippen LogP contribution >= 0.6 is 0 Å². The predicted molar refractivity (Wildman–Crippen MR) is 85.7 cm³/mol. The largest absolute Gasteiger partial charge is 0.469 e. The van der Waals surface area contributed by atoms with Crippen molar-refractivity contribution in [1.29, 1.82) is 0 Å². The first kappa shape index (κ1) is 15.8. The molecule has 7 heteroatoms. The maximum atomic E-state index is 12.6. The van der Waals surface area contributed by atoms with Gasteiger partial charge >= 0.3 is 5.97 Å². The van der Waals surface area contributed by atoms with Gasteiger partial charge in [0.15, 0.2) is 6.10 Å². The molecule has 0 bridgehead atoms. The first-order valence-electron chi connectivity index (χ1n) is 7.42. The lowest BCUT2D eigenvalue weighted by Gasteiger charge is -2.30. The van der Waals surface area contributed by atoms with Gasteiger partial charge < -0.3 is 14.5 Å². The summed E-state index contributed by atoms with van der Waals surface area (Å²) in [5.41, 5.74) is 1.39. The average molecular weight is 328 g/mol. The van der Waals surface area contributed by atoms with Gasteiger partial charge in [-0.1, -0.05) is 12.1 Å². The SMILES string of the molecule is Cc1occc1C(=O)O[C@H](C)C(=O)N1CC(=O)Nc2ccccc21. The van der Waals surface area contributed by atoms with E-state index in [0.29, 0.717) is 17.1 Å². The maximum absolute atomic E-state index is 12.6.